The standard InChI is InChI=1S/C23H27NO7/c1-14(24-29-2)17-8-6-15(7-9-17)10-16-4-3-5-18(11-16)23-21(28)19(26)20(27)22(12-25,31-23)13-30-23/h3-9,11,19-21,25-28H,10,12-13H2,1-2H3. The SMILES string of the molecule is CON=C(C)c1ccc(Cc2cccc(C34OCC(CO)(O3)C(O)C(O)C4O)c2)cc1. The molecular weight excluding hydrogens is 402 g/mol. The van der Waals surface area contributed by atoms with Gasteiger partial charge in [0, 0.05) is 5.56 Å². The fraction of sp³-hybridized carbons (Fsp3) is 0.435. The van der Waals surface area contributed by atoms with Gasteiger partial charge in [0.1, 0.15) is 31.0 Å². The molecule has 2 fully saturated rings. The van der Waals surface area contributed by atoms with Crippen LogP contribution in [0.5, 0.6) is 0 Å². The summed E-state index contributed by atoms with van der Waals surface area (Å²) in [7, 11) is 1.51. The Labute approximate surface area is 180 Å². The molecular formula is C23H27NO7. The Morgan fingerprint density at radius 2 is 1.84 bits per heavy atom. The predicted molar refractivity (Wildman–Crippen MR) is 111 cm³/mol. The maximum Gasteiger partial charge on any atom is 0.225 e. The Balaban J connectivity index is 1.60. The van der Waals surface area contributed by atoms with E-state index in [2.05, 4.69) is 5.16 Å². The van der Waals surface area contributed by atoms with Crippen molar-refractivity contribution < 1.29 is 34.7 Å². The molecule has 8 heteroatoms. The molecule has 0 spiro atoms. The minimum absolute atomic E-state index is 0.146. The molecule has 2 bridgehead atoms. The first kappa shape index (κ1) is 21.9. The third-order valence-electron chi connectivity index (χ3n) is 6.07. The first-order chi connectivity index (χ1) is 14.8. The Morgan fingerprint density at radius 1 is 1.10 bits per heavy atom. The third kappa shape index (κ3) is 3.65. The molecule has 2 aromatic rings. The molecule has 2 aromatic carbocycles. The maximum atomic E-state index is 10.7. The Hall–Kier alpha value is -2.33. The molecule has 166 valence electrons. The highest BCUT2D eigenvalue weighted by Crippen LogP contribution is 2.49. The van der Waals surface area contributed by atoms with E-state index in [-0.39, 0.29) is 6.61 Å². The first-order valence-electron chi connectivity index (χ1n) is 10.1. The summed E-state index contributed by atoms with van der Waals surface area (Å²) in [4.78, 5) is 4.81. The Morgan fingerprint density at radius 3 is 2.52 bits per heavy atom. The van der Waals surface area contributed by atoms with Crippen LogP contribution in [0.4, 0.5) is 0 Å². The third-order valence-corrected chi connectivity index (χ3v) is 6.07. The highest BCUT2D eigenvalue weighted by Gasteiger charge is 2.67. The van der Waals surface area contributed by atoms with Gasteiger partial charge in [-0.3, -0.25) is 0 Å². The molecule has 4 N–H and O–H groups in total. The van der Waals surface area contributed by atoms with Gasteiger partial charge in [-0.15, -0.1) is 0 Å². The summed E-state index contributed by atoms with van der Waals surface area (Å²) in [5.41, 5.74) is 2.80. The maximum absolute atomic E-state index is 10.7. The van der Waals surface area contributed by atoms with Crippen LogP contribution in [0.1, 0.15) is 29.2 Å². The van der Waals surface area contributed by atoms with E-state index in [1.54, 1.807) is 6.07 Å². The van der Waals surface area contributed by atoms with E-state index in [0.29, 0.717) is 12.0 Å². The highest BCUT2D eigenvalue weighted by atomic mass is 16.8. The van der Waals surface area contributed by atoms with Crippen LogP contribution >= 0.6 is 0 Å². The van der Waals surface area contributed by atoms with Crippen LogP contribution in [0.3, 0.4) is 0 Å². The molecule has 0 aromatic heterocycles. The molecule has 2 aliphatic heterocycles. The lowest BCUT2D eigenvalue weighted by atomic mass is 9.83. The van der Waals surface area contributed by atoms with Crippen LogP contribution in [0, 0.1) is 0 Å². The second-order valence-corrected chi connectivity index (χ2v) is 8.09. The zero-order chi connectivity index (χ0) is 22.2. The fourth-order valence-corrected chi connectivity index (χ4v) is 4.26. The van der Waals surface area contributed by atoms with Gasteiger partial charge in [-0.1, -0.05) is 47.6 Å². The minimum atomic E-state index is -1.66. The van der Waals surface area contributed by atoms with Gasteiger partial charge >= 0.3 is 0 Å². The van der Waals surface area contributed by atoms with Crippen molar-refractivity contribution in [1.29, 1.82) is 0 Å². The lowest BCUT2D eigenvalue weighted by molar-refractivity contribution is -0.329. The monoisotopic (exact) mass is 429 g/mol. The lowest BCUT2D eigenvalue weighted by Crippen LogP contribution is -2.65. The number of ether oxygens (including phenoxy) is 2. The number of fused-ring (bicyclic) bond motifs is 2. The van der Waals surface area contributed by atoms with Gasteiger partial charge in [-0.05, 0) is 36.1 Å². The van der Waals surface area contributed by atoms with Gasteiger partial charge in [0.2, 0.25) is 5.79 Å². The topological polar surface area (TPSA) is 121 Å². The van der Waals surface area contributed by atoms with Crippen molar-refractivity contribution in [2.45, 2.75) is 43.0 Å². The minimum Gasteiger partial charge on any atom is -0.399 e. The summed E-state index contributed by atoms with van der Waals surface area (Å²) in [5.74, 6) is -1.66. The number of hydrogen-bond acceptors (Lipinski definition) is 8. The van der Waals surface area contributed by atoms with Crippen molar-refractivity contribution >= 4 is 5.71 Å². The summed E-state index contributed by atoms with van der Waals surface area (Å²) in [6, 6.07) is 15.3. The van der Waals surface area contributed by atoms with Gasteiger partial charge in [-0.2, -0.15) is 0 Å². The van der Waals surface area contributed by atoms with Gasteiger partial charge in [0.25, 0.3) is 0 Å². The van der Waals surface area contributed by atoms with Crippen LogP contribution in [-0.2, 0) is 26.5 Å². The summed E-state index contributed by atoms with van der Waals surface area (Å²) >= 11 is 0. The molecule has 2 saturated heterocycles. The van der Waals surface area contributed by atoms with Crippen molar-refractivity contribution in [1.82, 2.24) is 0 Å². The van der Waals surface area contributed by atoms with Gasteiger partial charge in [-0.25, -0.2) is 0 Å². The summed E-state index contributed by atoms with van der Waals surface area (Å²) in [6.07, 6.45) is -3.87. The number of oxime groups is 1. The molecule has 4 rings (SSSR count). The van der Waals surface area contributed by atoms with Crippen LogP contribution in [0.15, 0.2) is 53.7 Å². The molecule has 0 radical (unpaired) electrons. The van der Waals surface area contributed by atoms with E-state index < -0.39 is 36.3 Å². The first-order valence-corrected chi connectivity index (χ1v) is 10.1. The highest BCUT2D eigenvalue weighted by molar-refractivity contribution is 5.98. The molecule has 0 saturated carbocycles. The van der Waals surface area contributed by atoms with E-state index in [0.717, 1.165) is 22.4 Å². The van der Waals surface area contributed by atoms with Crippen molar-refractivity contribution in [3.8, 4) is 0 Å². The van der Waals surface area contributed by atoms with Crippen molar-refractivity contribution in [3.05, 3.63) is 70.8 Å². The van der Waals surface area contributed by atoms with Crippen LogP contribution in [0.25, 0.3) is 0 Å². The number of nitrogens with zero attached hydrogens (tertiary/aromatic N) is 1. The molecule has 0 amide bonds. The normalized spacial score (nSPS) is 32.8. The lowest BCUT2D eigenvalue weighted by Gasteiger charge is -2.45. The van der Waals surface area contributed by atoms with E-state index in [4.69, 9.17) is 14.3 Å². The Bertz CT molecular complexity index is 963. The quantitative estimate of drug-likeness (QED) is 0.394. The molecule has 2 aliphatic rings. The van der Waals surface area contributed by atoms with Crippen molar-refractivity contribution in [3.63, 3.8) is 0 Å². The average Bonchev–Trinajstić information content (AvgIpc) is 3.18. The number of hydrogen-bond donors (Lipinski definition) is 4. The number of aliphatic hydroxyl groups excluding tert-OH is 4. The van der Waals surface area contributed by atoms with Crippen LogP contribution < -0.4 is 0 Å². The smallest absolute Gasteiger partial charge is 0.225 e. The van der Waals surface area contributed by atoms with E-state index in [1.807, 2.05) is 49.4 Å². The fourth-order valence-electron chi connectivity index (χ4n) is 4.26. The molecule has 0 aliphatic carbocycles. The van der Waals surface area contributed by atoms with Crippen LogP contribution in [0.2, 0.25) is 0 Å². The number of aliphatic hydroxyl groups is 4. The average molecular weight is 429 g/mol. The molecule has 5 unspecified atom stereocenters. The van der Waals surface area contributed by atoms with Crippen molar-refractivity contribution in [2.75, 3.05) is 20.3 Å². The zero-order valence-electron chi connectivity index (χ0n) is 17.4. The molecule has 2 heterocycles. The second-order valence-electron chi connectivity index (χ2n) is 8.09. The van der Waals surface area contributed by atoms with E-state index >= 15 is 0 Å². The summed E-state index contributed by atoms with van der Waals surface area (Å²) in [5, 5.41) is 45.1. The van der Waals surface area contributed by atoms with Gasteiger partial charge in [0.05, 0.1) is 18.9 Å². The zero-order valence-corrected chi connectivity index (χ0v) is 17.4. The summed E-state index contributed by atoms with van der Waals surface area (Å²) in [6.45, 7) is 1.18. The largest absolute Gasteiger partial charge is 0.399 e. The molecule has 31 heavy (non-hydrogen) atoms. The van der Waals surface area contributed by atoms with Crippen molar-refractivity contribution in [2.24, 2.45) is 5.16 Å². The van der Waals surface area contributed by atoms with Gasteiger partial charge < -0.3 is 34.7 Å². The van der Waals surface area contributed by atoms with E-state index in [9.17, 15) is 20.4 Å². The van der Waals surface area contributed by atoms with Gasteiger partial charge in [0.15, 0.2) is 0 Å². The number of rotatable bonds is 6. The molecule has 8 nitrogen and oxygen atoms in total. The second kappa shape index (κ2) is 8.31. The van der Waals surface area contributed by atoms with E-state index in [1.165, 1.54) is 7.11 Å². The number of benzene rings is 2. The summed E-state index contributed by atoms with van der Waals surface area (Å²) < 4.78 is 11.7. The molecule has 5 atom stereocenters. The van der Waals surface area contributed by atoms with Crippen LogP contribution in [-0.4, -0.2) is 70.4 Å². The Kier molecular flexibility index (Phi) is 5.87. The predicted octanol–water partition coefficient (Wildman–Crippen LogP) is 0.675.